The van der Waals surface area contributed by atoms with Crippen molar-refractivity contribution in [3.05, 3.63) is 65.7 Å². The highest BCUT2D eigenvalue weighted by Crippen LogP contribution is 2.15. The Morgan fingerprint density at radius 3 is 2.35 bits per heavy atom. The molecule has 0 bridgehead atoms. The minimum Gasteiger partial charge on any atom is -0.350 e. The molecule has 0 unspecified atom stereocenters. The minimum atomic E-state index is -0.441. The van der Waals surface area contributed by atoms with Gasteiger partial charge in [0.15, 0.2) is 0 Å². The zero-order valence-corrected chi connectivity index (χ0v) is 12.6. The first kappa shape index (κ1) is 16.6. The van der Waals surface area contributed by atoms with Gasteiger partial charge in [0.1, 0.15) is 11.6 Å². The van der Waals surface area contributed by atoms with Crippen molar-refractivity contribution in [1.82, 2.24) is 5.32 Å². The highest BCUT2D eigenvalue weighted by molar-refractivity contribution is 5.94. The summed E-state index contributed by atoms with van der Waals surface area (Å²) in [5, 5.41) is 2.64. The molecular formula is C17H16F2N2O2. The summed E-state index contributed by atoms with van der Waals surface area (Å²) in [4.78, 5) is 25.0. The van der Waals surface area contributed by atoms with Crippen LogP contribution in [0.5, 0.6) is 0 Å². The number of hydrogen-bond donors (Lipinski definition) is 1. The van der Waals surface area contributed by atoms with Crippen LogP contribution in [0.3, 0.4) is 0 Å². The predicted octanol–water partition coefficient (Wildman–Crippen LogP) is 2.75. The first-order valence-corrected chi connectivity index (χ1v) is 7.05. The second-order valence-corrected chi connectivity index (χ2v) is 4.91. The Kier molecular flexibility index (Phi) is 5.41. The standard InChI is InChI=1S/C17H16F2N2O2/c1-12(22)21(16-4-2-3-15(19)11-16)10-9-20-17(23)13-5-7-14(18)8-6-13/h2-8,11H,9-10H2,1H3,(H,20,23). The molecule has 4 nitrogen and oxygen atoms in total. The molecule has 0 radical (unpaired) electrons. The van der Waals surface area contributed by atoms with Crippen molar-refractivity contribution in [2.24, 2.45) is 0 Å². The molecule has 2 rings (SSSR count). The average Bonchev–Trinajstić information content (AvgIpc) is 2.51. The van der Waals surface area contributed by atoms with E-state index in [2.05, 4.69) is 5.32 Å². The minimum absolute atomic E-state index is 0.187. The van der Waals surface area contributed by atoms with Crippen LogP contribution in [0.1, 0.15) is 17.3 Å². The van der Waals surface area contributed by atoms with E-state index in [1.165, 1.54) is 54.3 Å². The fraction of sp³-hybridized carbons (Fsp3) is 0.176. The third-order valence-electron chi connectivity index (χ3n) is 3.23. The third-order valence-corrected chi connectivity index (χ3v) is 3.23. The molecular weight excluding hydrogens is 302 g/mol. The van der Waals surface area contributed by atoms with Crippen molar-refractivity contribution in [2.75, 3.05) is 18.0 Å². The van der Waals surface area contributed by atoms with Crippen LogP contribution in [0.25, 0.3) is 0 Å². The number of amides is 2. The molecule has 2 amide bonds. The van der Waals surface area contributed by atoms with Gasteiger partial charge in [-0.2, -0.15) is 0 Å². The second-order valence-electron chi connectivity index (χ2n) is 4.91. The number of halogens is 2. The normalized spacial score (nSPS) is 10.2. The largest absolute Gasteiger partial charge is 0.350 e. The van der Waals surface area contributed by atoms with E-state index >= 15 is 0 Å². The molecule has 0 aliphatic heterocycles. The second kappa shape index (κ2) is 7.49. The van der Waals surface area contributed by atoms with Crippen molar-refractivity contribution in [1.29, 1.82) is 0 Å². The fourth-order valence-electron chi connectivity index (χ4n) is 2.10. The monoisotopic (exact) mass is 318 g/mol. The van der Waals surface area contributed by atoms with Crippen molar-refractivity contribution in [3.63, 3.8) is 0 Å². The molecule has 0 aliphatic rings. The number of nitrogens with zero attached hydrogens (tertiary/aromatic N) is 1. The van der Waals surface area contributed by atoms with Gasteiger partial charge in [0.2, 0.25) is 5.91 Å². The molecule has 0 saturated carbocycles. The topological polar surface area (TPSA) is 49.4 Å². The molecule has 0 heterocycles. The van der Waals surface area contributed by atoms with Crippen LogP contribution in [0, 0.1) is 11.6 Å². The van der Waals surface area contributed by atoms with Gasteiger partial charge in [0.05, 0.1) is 0 Å². The quantitative estimate of drug-likeness (QED) is 0.921. The van der Waals surface area contributed by atoms with Crippen molar-refractivity contribution >= 4 is 17.5 Å². The van der Waals surface area contributed by atoms with Crippen molar-refractivity contribution in [3.8, 4) is 0 Å². The Balaban J connectivity index is 1.96. The molecule has 0 aliphatic carbocycles. The van der Waals surface area contributed by atoms with Gasteiger partial charge in [0, 0.05) is 31.3 Å². The molecule has 0 aromatic heterocycles. The summed E-state index contributed by atoms with van der Waals surface area (Å²) < 4.78 is 26.1. The summed E-state index contributed by atoms with van der Waals surface area (Å²) in [5.74, 6) is -1.49. The summed E-state index contributed by atoms with van der Waals surface area (Å²) in [6.45, 7) is 1.75. The summed E-state index contributed by atoms with van der Waals surface area (Å²) in [6, 6.07) is 10.8. The number of anilines is 1. The number of nitrogens with one attached hydrogen (secondary N) is 1. The Hall–Kier alpha value is -2.76. The Bertz CT molecular complexity index is 702. The lowest BCUT2D eigenvalue weighted by atomic mass is 10.2. The maximum Gasteiger partial charge on any atom is 0.251 e. The molecule has 2 aromatic carbocycles. The van der Waals surface area contributed by atoms with Crippen LogP contribution in [-0.2, 0) is 4.79 Å². The zero-order chi connectivity index (χ0) is 16.8. The first-order chi connectivity index (χ1) is 11.0. The molecule has 23 heavy (non-hydrogen) atoms. The third kappa shape index (κ3) is 4.60. The lowest BCUT2D eigenvalue weighted by Crippen LogP contribution is -2.37. The molecule has 0 atom stereocenters. The molecule has 0 fully saturated rings. The van der Waals surface area contributed by atoms with E-state index in [9.17, 15) is 18.4 Å². The Labute approximate surface area is 132 Å². The van der Waals surface area contributed by atoms with Crippen molar-refractivity contribution < 1.29 is 18.4 Å². The van der Waals surface area contributed by atoms with Gasteiger partial charge in [-0.05, 0) is 42.5 Å². The zero-order valence-electron chi connectivity index (χ0n) is 12.6. The number of benzene rings is 2. The maximum atomic E-state index is 13.3. The number of hydrogen-bond acceptors (Lipinski definition) is 2. The van der Waals surface area contributed by atoms with Gasteiger partial charge in [-0.1, -0.05) is 6.07 Å². The summed E-state index contributed by atoms with van der Waals surface area (Å²) in [5.41, 5.74) is 0.750. The van der Waals surface area contributed by atoms with E-state index in [1.54, 1.807) is 6.07 Å². The average molecular weight is 318 g/mol. The van der Waals surface area contributed by atoms with Gasteiger partial charge in [-0.25, -0.2) is 8.78 Å². The van der Waals surface area contributed by atoms with Crippen LogP contribution >= 0.6 is 0 Å². The molecule has 120 valence electrons. The molecule has 0 spiro atoms. The van der Waals surface area contributed by atoms with Crippen LogP contribution < -0.4 is 10.2 Å². The van der Waals surface area contributed by atoms with E-state index in [4.69, 9.17) is 0 Å². The summed E-state index contributed by atoms with van der Waals surface area (Å²) in [7, 11) is 0. The Morgan fingerprint density at radius 1 is 1.04 bits per heavy atom. The fourth-order valence-corrected chi connectivity index (χ4v) is 2.10. The van der Waals surface area contributed by atoms with E-state index in [1.807, 2.05) is 0 Å². The van der Waals surface area contributed by atoms with Gasteiger partial charge >= 0.3 is 0 Å². The van der Waals surface area contributed by atoms with E-state index in [0.717, 1.165) is 0 Å². The van der Waals surface area contributed by atoms with E-state index in [-0.39, 0.29) is 24.9 Å². The van der Waals surface area contributed by atoms with Crippen molar-refractivity contribution in [2.45, 2.75) is 6.92 Å². The first-order valence-electron chi connectivity index (χ1n) is 7.05. The predicted molar refractivity (Wildman–Crippen MR) is 83.2 cm³/mol. The lowest BCUT2D eigenvalue weighted by molar-refractivity contribution is -0.116. The highest BCUT2D eigenvalue weighted by Gasteiger charge is 2.13. The van der Waals surface area contributed by atoms with Gasteiger partial charge in [-0.3, -0.25) is 9.59 Å². The van der Waals surface area contributed by atoms with Crippen LogP contribution in [0.4, 0.5) is 14.5 Å². The van der Waals surface area contributed by atoms with Crippen LogP contribution in [0.2, 0.25) is 0 Å². The summed E-state index contributed by atoms with van der Waals surface area (Å²) in [6.07, 6.45) is 0. The van der Waals surface area contributed by atoms with Crippen LogP contribution in [-0.4, -0.2) is 24.9 Å². The van der Waals surface area contributed by atoms with Crippen LogP contribution in [0.15, 0.2) is 48.5 Å². The molecule has 0 saturated heterocycles. The Morgan fingerprint density at radius 2 is 1.74 bits per heavy atom. The number of carbonyl (C=O) groups excluding carboxylic acids is 2. The highest BCUT2D eigenvalue weighted by atomic mass is 19.1. The lowest BCUT2D eigenvalue weighted by Gasteiger charge is -2.21. The van der Waals surface area contributed by atoms with E-state index < -0.39 is 11.6 Å². The van der Waals surface area contributed by atoms with Gasteiger partial charge in [0.25, 0.3) is 5.91 Å². The number of rotatable bonds is 5. The SMILES string of the molecule is CC(=O)N(CCNC(=O)c1ccc(F)cc1)c1cccc(F)c1. The number of carbonyl (C=O) groups is 2. The van der Waals surface area contributed by atoms with Gasteiger partial charge in [-0.15, -0.1) is 0 Å². The van der Waals surface area contributed by atoms with Gasteiger partial charge < -0.3 is 10.2 Å². The molecule has 6 heteroatoms. The maximum absolute atomic E-state index is 13.3. The molecule has 2 aromatic rings. The van der Waals surface area contributed by atoms with E-state index in [0.29, 0.717) is 11.3 Å². The molecule has 1 N–H and O–H groups in total. The summed E-state index contributed by atoms with van der Waals surface area (Å²) >= 11 is 0. The smallest absolute Gasteiger partial charge is 0.251 e.